The zero-order valence-corrected chi connectivity index (χ0v) is 19.6. The van der Waals surface area contributed by atoms with Gasteiger partial charge in [0.05, 0.1) is 26.9 Å². The van der Waals surface area contributed by atoms with Crippen molar-refractivity contribution in [3.63, 3.8) is 0 Å². The van der Waals surface area contributed by atoms with Crippen LogP contribution in [-0.4, -0.2) is 27.1 Å². The van der Waals surface area contributed by atoms with Gasteiger partial charge in [0.15, 0.2) is 17.3 Å². The van der Waals surface area contributed by atoms with Crippen molar-refractivity contribution in [1.29, 1.82) is 0 Å². The molecule has 0 bridgehead atoms. The van der Waals surface area contributed by atoms with E-state index in [0.29, 0.717) is 49.9 Å². The molecule has 8 heteroatoms. The SMILES string of the molecule is COc1cc(C=C2Oc3cc(OCc4ccc(Cl)cc4Cl)ccc3C2=O)cc(OC)c1OC. The number of halogens is 2. The Morgan fingerprint density at radius 3 is 2.27 bits per heavy atom. The molecule has 0 atom stereocenters. The first-order chi connectivity index (χ1) is 15.9. The van der Waals surface area contributed by atoms with Gasteiger partial charge >= 0.3 is 0 Å². The molecule has 0 aliphatic carbocycles. The lowest BCUT2D eigenvalue weighted by atomic mass is 10.1. The van der Waals surface area contributed by atoms with E-state index in [-0.39, 0.29) is 18.1 Å². The van der Waals surface area contributed by atoms with Crippen LogP contribution in [0.5, 0.6) is 28.7 Å². The van der Waals surface area contributed by atoms with Gasteiger partial charge in [0, 0.05) is 21.7 Å². The molecule has 0 saturated carbocycles. The first-order valence-electron chi connectivity index (χ1n) is 9.88. The predicted molar refractivity (Wildman–Crippen MR) is 126 cm³/mol. The van der Waals surface area contributed by atoms with Crippen LogP contribution in [0.15, 0.2) is 54.3 Å². The van der Waals surface area contributed by atoms with Crippen LogP contribution in [-0.2, 0) is 6.61 Å². The van der Waals surface area contributed by atoms with Crippen LogP contribution < -0.4 is 23.7 Å². The fourth-order valence-electron chi connectivity index (χ4n) is 3.39. The van der Waals surface area contributed by atoms with E-state index in [0.717, 1.165) is 5.56 Å². The molecule has 33 heavy (non-hydrogen) atoms. The van der Waals surface area contributed by atoms with Crippen LogP contribution in [0.25, 0.3) is 6.08 Å². The lowest BCUT2D eigenvalue weighted by Crippen LogP contribution is -1.99. The molecule has 0 saturated heterocycles. The second-order valence-electron chi connectivity index (χ2n) is 7.08. The number of methoxy groups -OCH3 is 3. The maximum atomic E-state index is 12.8. The van der Waals surface area contributed by atoms with Crippen LogP contribution in [0, 0.1) is 0 Å². The van der Waals surface area contributed by atoms with Gasteiger partial charge in [0.1, 0.15) is 18.1 Å². The second-order valence-corrected chi connectivity index (χ2v) is 7.92. The van der Waals surface area contributed by atoms with Gasteiger partial charge in [-0.1, -0.05) is 29.3 Å². The highest BCUT2D eigenvalue weighted by atomic mass is 35.5. The minimum absolute atomic E-state index is 0.178. The molecule has 0 radical (unpaired) electrons. The first kappa shape index (κ1) is 22.8. The Labute approximate surface area is 201 Å². The number of ether oxygens (including phenoxy) is 5. The highest BCUT2D eigenvalue weighted by Gasteiger charge is 2.28. The predicted octanol–water partition coefficient (Wildman–Crippen LogP) is 6.21. The average molecular weight is 487 g/mol. The number of rotatable bonds is 7. The molecule has 0 N–H and O–H groups in total. The number of hydrogen-bond donors (Lipinski definition) is 0. The highest BCUT2D eigenvalue weighted by molar-refractivity contribution is 6.35. The smallest absolute Gasteiger partial charge is 0.231 e. The average Bonchev–Trinajstić information content (AvgIpc) is 3.12. The van der Waals surface area contributed by atoms with Crippen molar-refractivity contribution < 1.29 is 28.5 Å². The van der Waals surface area contributed by atoms with E-state index in [1.54, 1.807) is 54.6 Å². The lowest BCUT2D eigenvalue weighted by Gasteiger charge is -2.13. The fourth-order valence-corrected chi connectivity index (χ4v) is 3.86. The zero-order valence-electron chi connectivity index (χ0n) is 18.1. The third-order valence-electron chi connectivity index (χ3n) is 5.04. The molecule has 4 rings (SSSR count). The van der Waals surface area contributed by atoms with Gasteiger partial charge in [0.2, 0.25) is 11.5 Å². The van der Waals surface area contributed by atoms with Crippen molar-refractivity contribution in [2.24, 2.45) is 0 Å². The minimum Gasteiger partial charge on any atom is -0.493 e. The Balaban J connectivity index is 1.56. The van der Waals surface area contributed by atoms with E-state index in [2.05, 4.69) is 0 Å². The number of Topliss-reactive ketones (excluding diaryl/α,β-unsaturated/α-hetero) is 1. The fraction of sp³-hybridized carbons (Fsp3) is 0.160. The van der Waals surface area contributed by atoms with Crippen molar-refractivity contribution in [3.05, 3.63) is 81.0 Å². The Morgan fingerprint density at radius 1 is 0.909 bits per heavy atom. The van der Waals surface area contributed by atoms with E-state index in [1.165, 1.54) is 21.3 Å². The quantitative estimate of drug-likeness (QED) is 0.369. The Morgan fingerprint density at radius 2 is 1.64 bits per heavy atom. The molecule has 1 aliphatic heterocycles. The van der Waals surface area contributed by atoms with E-state index in [4.69, 9.17) is 46.9 Å². The number of carbonyl (C=O) groups is 1. The third-order valence-corrected chi connectivity index (χ3v) is 5.62. The molecular formula is C25H20Cl2O6. The molecule has 0 aromatic heterocycles. The molecule has 0 spiro atoms. The summed E-state index contributed by atoms with van der Waals surface area (Å²) in [6.07, 6.45) is 1.63. The van der Waals surface area contributed by atoms with E-state index < -0.39 is 0 Å². The Hall–Kier alpha value is -3.35. The number of fused-ring (bicyclic) bond motifs is 1. The normalized spacial score (nSPS) is 13.5. The molecule has 1 heterocycles. The monoisotopic (exact) mass is 486 g/mol. The van der Waals surface area contributed by atoms with Crippen LogP contribution in [0.3, 0.4) is 0 Å². The van der Waals surface area contributed by atoms with Crippen LogP contribution >= 0.6 is 23.2 Å². The molecule has 3 aromatic carbocycles. The molecule has 0 amide bonds. The van der Waals surface area contributed by atoms with Crippen molar-refractivity contribution in [3.8, 4) is 28.7 Å². The summed E-state index contributed by atoms with van der Waals surface area (Å²) in [5, 5.41) is 1.07. The molecular weight excluding hydrogens is 467 g/mol. The Bertz CT molecular complexity index is 1230. The molecule has 3 aromatic rings. The van der Waals surface area contributed by atoms with Gasteiger partial charge in [-0.2, -0.15) is 0 Å². The summed E-state index contributed by atoms with van der Waals surface area (Å²) < 4.78 is 27.7. The maximum absolute atomic E-state index is 12.8. The van der Waals surface area contributed by atoms with Gasteiger partial charge in [-0.25, -0.2) is 0 Å². The lowest BCUT2D eigenvalue weighted by molar-refractivity contribution is 0.101. The topological polar surface area (TPSA) is 63.2 Å². The Kier molecular flexibility index (Phi) is 6.67. The van der Waals surface area contributed by atoms with Crippen molar-refractivity contribution in [1.82, 2.24) is 0 Å². The number of ketones is 1. The summed E-state index contributed by atoms with van der Waals surface area (Å²) in [5.41, 5.74) is 1.90. The summed E-state index contributed by atoms with van der Waals surface area (Å²) in [5.74, 6) is 2.32. The van der Waals surface area contributed by atoms with Crippen molar-refractivity contribution in [2.75, 3.05) is 21.3 Å². The molecule has 0 fully saturated rings. The maximum Gasteiger partial charge on any atom is 0.231 e. The largest absolute Gasteiger partial charge is 0.493 e. The van der Waals surface area contributed by atoms with Crippen LogP contribution in [0.2, 0.25) is 10.0 Å². The summed E-state index contributed by atoms with van der Waals surface area (Å²) in [6, 6.07) is 13.7. The van der Waals surface area contributed by atoms with Gasteiger partial charge < -0.3 is 23.7 Å². The minimum atomic E-state index is -0.231. The van der Waals surface area contributed by atoms with E-state index in [9.17, 15) is 4.79 Å². The first-order valence-corrected chi connectivity index (χ1v) is 10.6. The molecule has 0 unspecified atom stereocenters. The van der Waals surface area contributed by atoms with Gasteiger partial charge in [0.25, 0.3) is 0 Å². The summed E-state index contributed by atoms with van der Waals surface area (Å²) in [4.78, 5) is 12.8. The number of hydrogen-bond acceptors (Lipinski definition) is 6. The molecule has 6 nitrogen and oxygen atoms in total. The summed E-state index contributed by atoms with van der Waals surface area (Å²) in [7, 11) is 4.58. The highest BCUT2D eigenvalue weighted by Crippen LogP contribution is 2.40. The number of benzene rings is 3. The third kappa shape index (κ3) is 4.72. The second kappa shape index (κ2) is 9.65. The van der Waals surface area contributed by atoms with Gasteiger partial charge in [-0.05, 0) is 48.0 Å². The number of carbonyl (C=O) groups excluding carboxylic acids is 1. The van der Waals surface area contributed by atoms with Crippen LogP contribution in [0.4, 0.5) is 0 Å². The van der Waals surface area contributed by atoms with Crippen molar-refractivity contribution >= 4 is 35.1 Å². The van der Waals surface area contributed by atoms with Gasteiger partial charge in [-0.3, -0.25) is 4.79 Å². The molecule has 1 aliphatic rings. The number of allylic oxidation sites excluding steroid dienone is 1. The molecule has 170 valence electrons. The van der Waals surface area contributed by atoms with Crippen LogP contribution in [0.1, 0.15) is 21.5 Å². The van der Waals surface area contributed by atoms with E-state index >= 15 is 0 Å². The zero-order chi connectivity index (χ0) is 23.5. The standard InChI is InChI=1S/C25H20Cl2O6/c1-29-22-9-14(10-23(30-2)25(22)31-3)8-21-24(28)18-7-6-17(12-20(18)33-21)32-13-15-4-5-16(26)11-19(15)27/h4-12H,13H2,1-3H3. The summed E-state index contributed by atoms with van der Waals surface area (Å²) in [6.45, 7) is 0.247. The van der Waals surface area contributed by atoms with Crippen molar-refractivity contribution in [2.45, 2.75) is 6.61 Å². The van der Waals surface area contributed by atoms with Gasteiger partial charge in [-0.15, -0.1) is 0 Å². The van der Waals surface area contributed by atoms with E-state index in [1.807, 2.05) is 0 Å². The summed E-state index contributed by atoms with van der Waals surface area (Å²) >= 11 is 12.1.